The minimum absolute atomic E-state index is 0.255. The van der Waals surface area contributed by atoms with Crippen LogP contribution < -0.4 is 10.6 Å². The summed E-state index contributed by atoms with van der Waals surface area (Å²) in [4.78, 5) is 24.9. The molecule has 0 atom stereocenters. The number of carbonyl (C=O) groups is 2. The van der Waals surface area contributed by atoms with E-state index in [4.69, 9.17) is 0 Å². The van der Waals surface area contributed by atoms with Crippen LogP contribution in [0.25, 0.3) is 0 Å². The van der Waals surface area contributed by atoms with Crippen molar-refractivity contribution in [3.8, 4) is 0 Å². The predicted molar refractivity (Wildman–Crippen MR) is 78.0 cm³/mol. The number of hydrogen-bond donors (Lipinski definition) is 2. The highest BCUT2D eigenvalue weighted by molar-refractivity contribution is 5.92. The molecule has 2 amide bonds. The van der Waals surface area contributed by atoms with E-state index in [9.17, 15) is 9.59 Å². The molecule has 1 aromatic rings. The summed E-state index contributed by atoms with van der Waals surface area (Å²) in [6.45, 7) is 1.54. The molecule has 0 aliphatic heterocycles. The first-order chi connectivity index (χ1) is 9.52. The largest absolute Gasteiger partial charge is 0.465 e. The van der Waals surface area contributed by atoms with E-state index >= 15 is 0 Å². The molecule has 0 saturated heterocycles. The van der Waals surface area contributed by atoms with Crippen molar-refractivity contribution in [2.24, 2.45) is 0 Å². The zero-order chi connectivity index (χ0) is 15.0. The molecule has 0 spiro atoms. The third kappa shape index (κ3) is 5.71. The molecule has 0 aliphatic rings. The van der Waals surface area contributed by atoms with Gasteiger partial charge in [0.2, 0.25) is 0 Å². The van der Waals surface area contributed by atoms with Crippen molar-refractivity contribution in [3.05, 3.63) is 29.8 Å². The standard InChI is InChI=1S/C14H21N3O3/c1-17(2)10-4-9-15-14(19)16-12-7-5-11(6-8-12)13(18)20-3/h5-8H,4,9-10H2,1-3H3,(H2,15,16,19). The maximum absolute atomic E-state index is 11.6. The maximum atomic E-state index is 11.6. The molecular formula is C14H21N3O3. The van der Waals surface area contributed by atoms with Crippen LogP contribution in [0.2, 0.25) is 0 Å². The number of amides is 2. The molecule has 0 radical (unpaired) electrons. The zero-order valence-electron chi connectivity index (χ0n) is 12.1. The van der Waals surface area contributed by atoms with E-state index in [0.717, 1.165) is 13.0 Å². The molecule has 0 unspecified atom stereocenters. The van der Waals surface area contributed by atoms with Crippen molar-refractivity contribution in [1.29, 1.82) is 0 Å². The van der Waals surface area contributed by atoms with Crippen LogP contribution in [0.1, 0.15) is 16.8 Å². The van der Waals surface area contributed by atoms with E-state index in [-0.39, 0.29) is 6.03 Å². The Morgan fingerprint density at radius 3 is 2.40 bits per heavy atom. The average Bonchev–Trinajstić information content (AvgIpc) is 2.43. The van der Waals surface area contributed by atoms with Crippen LogP contribution in [0.3, 0.4) is 0 Å². The Kier molecular flexibility index (Phi) is 6.52. The Morgan fingerprint density at radius 1 is 1.20 bits per heavy atom. The van der Waals surface area contributed by atoms with E-state index in [1.54, 1.807) is 24.3 Å². The fourth-order valence-corrected chi connectivity index (χ4v) is 1.58. The lowest BCUT2D eigenvalue weighted by molar-refractivity contribution is 0.0601. The van der Waals surface area contributed by atoms with E-state index < -0.39 is 5.97 Å². The van der Waals surface area contributed by atoms with Crippen molar-refractivity contribution in [2.75, 3.05) is 39.6 Å². The summed E-state index contributed by atoms with van der Waals surface area (Å²) in [6.07, 6.45) is 0.891. The minimum atomic E-state index is -0.398. The Hall–Kier alpha value is -2.08. The quantitative estimate of drug-likeness (QED) is 0.612. The Labute approximate surface area is 119 Å². The molecule has 6 nitrogen and oxygen atoms in total. The second kappa shape index (κ2) is 8.16. The number of rotatable bonds is 6. The smallest absolute Gasteiger partial charge is 0.337 e. The number of esters is 1. The van der Waals surface area contributed by atoms with Gasteiger partial charge in [-0.05, 0) is 51.3 Å². The van der Waals surface area contributed by atoms with Crippen molar-refractivity contribution in [2.45, 2.75) is 6.42 Å². The first-order valence-electron chi connectivity index (χ1n) is 6.41. The number of carbonyl (C=O) groups excluding carboxylic acids is 2. The summed E-state index contributed by atoms with van der Waals surface area (Å²) in [5.74, 6) is -0.398. The number of hydrogen-bond acceptors (Lipinski definition) is 4. The summed E-state index contributed by atoms with van der Waals surface area (Å²) in [5.41, 5.74) is 1.08. The SMILES string of the molecule is COC(=O)c1ccc(NC(=O)NCCCN(C)C)cc1. The number of methoxy groups -OCH3 is 1. The number of benzene rings is 1. The van der Waals surface area contributed by atoms with Crippen molar-refractivity contribution < 1.29 is 14.3 Å². The molecule has 2 N–H and O–H groups in total. The van der Waals surface area contributed by atoms with Crippen LogP contribution in [-0.2, 0) is 4.74 Å². The normalized spacial score (nSPS) is 10.2. The minimum Gasteiger partial charge on any atom is -0.465 e. The van der Waals surface area contributed by atoms with Crippen molar-refractivity contribution in [3.63, 3.8) is 0 Å². The number of ether oxygens (including phenoxy) is 1. The van der Waals surface area contributed by atoms with Crippen LogP contribution in [0.15, 0.2) is 24.3 Å². The molecule has 0 aliphatic carbocycles. The summed E-state index contributed by atoms with van der Waals surface area (Å²) < 4.78 is 4.60. The number of urea groups is 1. The highest BCUT2D eigenvalue weighted by Gasteiger charge is 2.05. The van der Waals surface area contributed by atoms with E-state index in [1.807, 2.05) is 14.1 Å². The predicted octanol–water partition coefficient (Wildman–Crippen LogP) is 1.55. The summed E-state index contributed by atoms with van der Waals surface area (Å²) in [7, 11) is 5.31. The second-order valence-corrected chi connectivity index (χ2v) is 4.61. The van der Waals surface area contributed by atoms with Gasteiger partial charge >= 0.3 is 12.0 Å². The van der Waals surface area contributed by atoms with Crippen LogP contribution in [0.5, 0.6) is 0 Å². The number of anilines is 1. The van der Waals surface area contributed by atoms with Crippen LogP contribution in [-0.4, -0.2) is 51.2 Å². The Morgan fingerprint density at radius 2 is 1.85 bits per heavy atom. The third-order valence-corrected chi connectivity index (χ3v) is 2.63. The molecule has 20 heavy (non-hydrogen) atoms. The molecule has 0 heterocycles. The van der Waals surface area contributed by atoms with E-state index in [1.165, 1.54) is 7.11 Å². The Balaban J connectivity index is 2.36. The molecule has 1 rings (SSSR count). The second-order valence-electron chi connectivity index (χ2n) is 4.61. The molecule has 110 valence electrons. The molecular weight excluding hydrogens is 258 g/mol. The third-order valence-electron chi connectivity index (χ3n) is 2.63. The van der Waals surface area contributed by atoms with Gasteiger partial charge in [0.1, 0.15) is 0 Å². The summed E-state index contributed by atoms with van der Waals surface area (Å²) in [5, 5.41) is 5.47. The molecule has 6 heteroatoms. The van der Waals surface area contributed by atoms with Crippen LogP contribution >= 0.6 is 0 Å². The summed E-state index contributed by atoms with van der Waals surface area (Å²) in [6, 6.07) is 6.27. The lowest BCUT2D eigenvalue weighted by Gasteiger charge is -2.10. The highest BCUT2D eigenvalue weighted by Crippen LogP contribution is 2.10. The zero-order valence-corrected chi connectivity index (χ0v) is 12.1. The van der Waals surface area contributed by atoms with Crippen LogP contribution in [0, 0.1) is 0 Å². The van der Waals surface area contributed by atoms with Gasteiger partial charge < -0.3 is 20.3 Å². The van der Waals surface area contributed by atoms with E-state index in [2.05, 4.69) is 20.3 Å². The van der Waals surface area contributed by atoms with Crippen LogP contribution in [0.4, 0.5) is 10.5 Å². The van der Waals surface area contributed by atoms with Gasteiger partial charge in [0.25, 0.3) is 0 Å². The Bertz CT molecular complexity index is 443. The fraction of sp³-hybridized carbons (Fsp3) is 0.429. The molecule has 0 saturated carbocycles. The van der Waals surface area contributed by atoms with Gasteiger partial charge in [-0.15, -0.1) is 0 Å². The van der Waals surface area contributed by atoms with Crippen molar-refractivity contribution in [1.82, 2.24) is 10.2 Å². The first kappa shape index (κ1) is 16.0. The van der Waals surface area contributed by atoms with Gasteiger partial charge in [-0.25, -0.2) is 9.59 Å². The average molecular weight is 279 g/mol. The highest BCUT2D eigenvalue weighted by atomic mass is 16.5. The molecule has 0 aromatic heterocycles. The molecule has 1 aromatic carbocycles. The molecule has 0 bridgehead atoms. The topological polar surface area (TPSA) is 70.7 Å². The summed E-state index contributed by atoms with van der Waals surface area (Å²) >= 11 is 0. The number of nitrogens with one attached hydrogen (secondary N) is 2. The molecule has 0 fully saturated rings. The van der Waals surface area contributed by atoms with E-state index in [0.29, 0.717) is 17.8 Å². The van der Waals surface area contributed by atoms with Gasteiger partial charge in [-0.2, -0.15) is 0 Å². The van der Waals surface area contributed by atoms with Gasteiger partial charge in [0.05, 0.1) is 12.7 Å². The lowest BCUT2D eigenvalue weighted by atomic mass is 10.2. The number of nitrogens with zero attached hydrogens (tertiary/aromatic N) is 1. The van der Waals surface area contributed by atoms with Crippen molar-refractivity contribution >= 4 is 17.7 Å². The fourth-order valence-electron chi connectivity index (χ4n) is 1.58. The van der Waals surface area contributed by atoms with Gasteiger partial charge in [0, 0.05) is 12.2 Å². The first-order valence-corrected chi connectivity index (χ1v) is 6.41. The van der Waals surface area contributed by atoms with Gasteiger partial charge in [-0.1, -0.05) is 0 Å². The van der Waals surface area contributed by atoms with Gasteiger partial charge in [-0.3, -0.25) is 0 Å². The monoisotopic (exact) mass is 279 g/mol. The lowest BCUT2D eigenvalue weighted by Crippen LogP contribution is -2.31. The maximum Gasteiger partial charge on any atom is 0.337 e. The van der Waals surface area contributed by atoms with Gasteiger partial charge in [0.15, 0.2) is 0 Å².